The third kappa shape index (κ3) is 2.80. The van der Waals surface area contributed by atoms with Gasteiger partial charge in [0, 0.05) is 30.9 Å². The van der Waals surface area contributed by atoms with E-state index in [4.69, 9.17) is 0 Å². The quantitative estimate of drug-likeness (QED) is 0.744. The number of pyridine rings is 1. The van der Waals surface area contributed by atoms with Gasteiger partial charge in [-0.2, -0.15) is 0 Å². The molecule has 0 radical (unpaired) electrons. The summed E-state index contributed by atoms with van der Waals surface area (Å²) in [4.78, 5) is 9.87. The summed E-state index contributed by atoms with van der Waals surface area (Å²) in [6.45, 7) is 5.61. The van der Waals surface area contributed by atoms with E-state index in [0.29, 0.717) is 12.2 Å². The number of hydrogen-bond acceptors (Lipinski definition) is 2. The summed E-state index contributed by atoms with van der Waals surface area (Å²) in [6.07, 6.45) is 2.71. The molecular weight excluding hydrogens is 320 g/mol. The molecule has 3 heterocycles. The summed E-state index contributed by atoms with van der Waals surface area (Å²) in [5, 5.41) is 0. The first-order chi connectivity index (χ1) is 12.0. The summed E-state index contributed by atoms with van der Waals surface area (Å²) in [6, 6.07) is 7.88. The molecule has 25 heavy (non-hydrogen) atoms. The van der Waals surface area contributed by atoms with Gasteiger partial charge in [-0.05, 0) is 49.2 Å². The van der Waals surface area contributed by atoms with Gasteiger partial charge < -0.3 is 9.88 Å². The number of benzene rings is 1. The van der Waals surface area contributed by atoms with Crippen molar-refractivity contribution in [3.05, 3.63) is 70.7 Å². The molecule has 1 aromatic carbocycles. The number of nitrogens with zero attached hydrogens (tertiary/aromatic N) is 2. The molecule has 0 aliphatic carbocycles. The number of aryl methyl sites for hydroxylation is 2. The number of anilines is 1. The molecule has 0 unspecified atom stereocenters. The van der Waals surface area contributed by atoms with E-state index in [1.807, 2.05) is 19.2 Å². The summed E-state index contributed by atoms with van der Waals surface area (Å²) < 4.78 is 28.1. The minimum Gasteiger partial charge on any atom is -0.365 e. The van der Waals surface area contributed by atoms with E-state index in [-0.39, 0.29) is 5.56 Å². The van der Waals surface area contributed by atoms with Crippen molar-refractivity contribution in [2.45, 2.75) is 26.8 Å². The maximum absolute atomic E-state index is 14.1. The molecule has 5 heteroatoms. The Labute approximate surface area is 145 Å². The Bertz CT molecular complexity index is 926. The zero-order valence-electron chi connectivity index (χ0n) is 14.2. The van der Waals surface area contributed by atoms with Crippen molar-refractivity contribution in [3.8, 4) is 11.3 Å². The van der Waals surface area contributed by atoms with Crippen LogP contribution in [0.15, 0.2) is 36.5 Å². The number of aromatic nitrogens is 2. The van der Waals surface area contributed by atoms with E-state index in [2.05, 4.69) is 27.9 Å². The third-order valence-corrected chi connectivity index (χ3v) is 4.78. The van der Waals surface area contributed by atoms with Gasteiger partial charge in [0.15, 0.2) is 0 Å². The first kappa shape index (κ1) is 15.8. The molecule has 4 rings (SSSR count). The number of halogens is 2. The Balaban J connectivity index is 1.68. The SMILES string of the molecule is Cc1cc(C)c(N2CCc3[nH]c(-c4c(F)cccc4F)cc3C2)cn1. The average Bonchev–Trinajstić information content (AvgIpc) is 2.97. The number of hydrogen-bond donors (Lipinski definition) is 1. The zero-order chi connectivity index (χ0) is 17.6. The second-order valence-corrected chi connectivity index (χ2v) is 6.57. The van der Waals surface area contributed by atoms with Crippen LogP contribution in [0.1, 0.15) is 22.5 Å². The van der Waals surface area contributed by atoms with Crippen LogP contribution >= 0.6 is 0 Å². The van der Waals surface area contributed by atoms with Gasteiger partial charge in [0.2, 0.25) is 0 Å². The van der Waals surface area contributed by atoms with Crippen LogP contribution in [0.25, 0.3) is 11.3 Å². The third-order valence-electron chi connectivity index (χ3n) is 4.78. The molecule has 128 valence electrons. The van der Waals surface area contributed by atoms with E-state index < -0.39 is 11.6 Å². The molecule has 0 spiro atoms. The molecule has 1 aliphatic rings. The van der Waals surface area contributed by atoms with Gasteiger partial charge in [0.1, 0.15) is 11.6 Å². The van der Waals surface area contributed by atoms with Crippen LogP contribution in [-0.4, -0.2) is 16.5 Å². The fourth-order valence-corrected chi connectivity index (χ4v) is 3.55. The minimum absolute atomic E-state index is 0.0108. The molecule has 0 fully saturated rings. The Kier molecular flexibility index (Phi) is 3.79. The molecule has 0 saturated heterocycles. The molecule has 2 aromatic heterocycles. The topological polar surface area (TPSA) is 31.9 Å². The maximum atomic E-state index is 14.1. The van der Waals surface area contributed by atoms with E-state index >= 15 is 0 Å². The normalized spacial score (nSPS) is 13.8. The van der Waals surface area contributed by atoms with Crippen LogP contribution in [-0.2, 0) is 13.0 Å². The predicted octanol–water partition coefficient (Wildman–Crippen LogP) is 4.53. The Morgan fingerprint density at radius 3 is 2.60 bits per heavy atom. The van der Waals surface area contributed by atoms with Crippen molar-refractivity contribution in [2.24, 2.45) is 0 Å². The van der Waals surface area contributed by atoms with Gasteiger partial charge in [0.25, 0.3) is 0 Å². The summed E-state index contributed by atoms with van der Waals surface area (Å²) in [5.41, 5.74) is 5.93. The zero-order valence-corrected chi connectivity index (χ0v) is 14.2. The van der Waals surface area contributed by atoms with E-state index in [0.717, 1.165) is 35.6 Å². The molecule has 1 N–H and O–H groups in total. The number of rotatable bonds is 2. The molecule has 0 saturated carbocycles. The first-order valence-corrected chi connectivity index (χ1v) is 8.36. The Hall–Kier alpha value is -2.69. The summed E-state index contributed by atoms with van der Waals surface area (Å²) in [5.74, 6) is -1.09. The van der Waals surface area contributed by atoms with E-state index in [1.165, 1.54) is 23.8 Å². The Morgan fingerprint density at radius 1 is 1.12 bits per heavy atom. The number of nitrogens with one attached hydrogen (secondary N) is 1. The average molecular weight is 339 g/mol. The van der Waals surface area contributed by atoms with Crippen molar-refractivity contribution in [3.63, 3.8) is 0 Å². The van der Waals surface area contributed by atoms with Gasteiger partial charge in [0.05, 0.1) is 23.1 Å². The fraction of sp³-hybridized carbons (Fsp3) is 0.250. The standard InChI is InChI=1S/C20H19F2N3/c1-12-8-13(2)23-10-19(12)25-7-6-17-14(11-25)9-18(24-17)20-15(21)4-3-5-16(20)22/h3-5,8-10,24H,6-7,11H2,1-2H3. The van der Waals surface area contributed by atoms with Crippen LogP contribution in [0.5, 0.6) is 0 Å². The molecule has 1 aliphatic heterocycles. The second-order valence-electron chi connectivity index (χ2n) is 6.57. The van der Waals surface area contributed by atoms with E-state index in [9.17, 15) is 8.78 Å². The van der Waals surface area contributed by atoms with Crippen molar-refractivity contribution >= 4 is 5.69 Å². The Morgan fingerprint density at radius 2 is 1.88 bits per heavy atom. The lowest BCUT2D eigenvalue weighted by molar-refractivity contribution is 0.589. The molecular formula is C20H19F2N3. The van der Waals surface area contributed by atoms with Gasteiger partial charge in [-0.15, -0.1) is 0 Å². The summed E-state index contributed by atoms with van der Waals surface area (Å²) in [7, 11) is 0. The van der Waals surface area contributed by atoms with Gasteiger partial charge >= 0.3 is 0 Å². The minimum atomic E-state index is -0.547. The highest BCUT2D eigenvalue weighted by atomic mass is 19.1. The highest BCUT2D eigenvalue weighted by molar-refractivity contribution is 5.64. The number of fused-ring (bicyclic) bond motifs is 1. The van der Waals surface area contributed by atoms with Gasteiger partial charge in [-0.1, -0.05) is 6.07 Å². The fourth-order valence-electron chi connectivity index (χ4n) is 3.55. The molecule has 0 atom stereocenters. The van der Waals surface area contributed by atoms with Crippen molar-refractivity contribution in [1.29, 1.82) is 0 Å². The van der Waals surface area contributed by atoms with Crippen molar-refractivity contribution in [1.82, 2.24) is 9.97 Å². The largest absolute Gasteiger partial charge is 0.365 e. The molecule has 3 nitrogen and oxygen atoms in total. The van der Waals surface area contributed by atoms with Crippen LogP contribution in [0.3, 0.4) is 0 Å². The van der Waals surface area contributed by atoms with Crippen LogP contribution < -0.4 is 4.90 Å². The monoisotopic (exact) mass is 339 g/mol. The van der Waals surface area contributed by atoms with Gasteiger partial charge in [-0.3, -0.25) is 4.98 Å². The molecule has 3 aromatic rings. The van der Waals surface area contributed by atoms with Crippen LogP contribution in [0.4, 0.5) is 14.5 Å². The number of H-pyrrole nitrogens is 1. The smallest absolute Gasteiger partial charge is 0.135 e. The van der Waals surface area contributed by atoms with Gasteiger partial charge in [-0.25, -0.2) is 8.78 Å². The second kappa shape index (κ2) is 5.99. The van der Waals surface area contributed by atoms with Crippen molar-refractivity contribution < 1.29 is 8.78 Å². The highest BCUT2D eigenvalue weighted by Crippen LogP contribution is 2.32. The lowest BCUT2D eigenvalue weighted by atomic mass is 10.1. The molecule has 0 bridgehead atoms. The first-order valence-electron chi connectivity index (χ1n) is 8.36. The van der Waals surface area contributed by atoms with Crippen LogP contribution in [0, 0.1) is 25.5 Å². The highest BCUT2D eigenvalue weighted by Gasteiger charge is 2.22. The maximum Gasteiger partial charge on any atom is 0.135 e. The van der Waals surface area contributed by atoms with Crippen LogP contribution in [0.2, 0.25) is 0 Å². The summed E-state index contributed by atoms with van der Waals surface area (Å²) >= 11 is 0. The molecule has 0 amide bonds. The van der Waals surface area contributed by atoms with E-state index in [1.54, 1.807) is 0 Å². The lowest BCUT2D eigenvalue weighted by Crippen LogP contribution is -2.30. The predicted molar refractivity (Wildman–Crippen MR) is 94.6 cm³/mol. The number of aromatic amines is 1. The van der Waals surface area contributed by atoms with Crippen molar-refractivity contribution in [2.75, 3.05) is 11.4 Å². The lowest BCUT2D eigenvalue weighted by Gasteiger charge is -2.30.